The summed E-state index contributed by atoms with van der Waals surface area (Å²) in [7, 11) is 1.54. The van der Waals surface area contributed by atoms with E-state index >= 15 is 0 Å². The van der Waals surface area contributed by atoms with Crippen molar-refractivity contribution in [1.82, 2.24) is 5.32 Å². The molecule has 0 spiro atoms. The van der Waals surface area contributed by atoms with Crippen LogP contribution in [-0.2, 0) is 4.79 Å². The average molecular weight is 238 g/mol. The van der Waals surface area contributed by atoms with Gasteiger partial charge in [0.15, 0.2) is 0 Å². The second kappa shape index (κ2) is 6.10. The molecule has 1 atom stereocenters. The normalized spacial score (nSPS) is 12.1. The third-order valence-corrected chi connectivity index (χ3v) is 2.53. The van der Waals surface area contributed by atoms with E-state index in [-0.39, 0.29) is 24.1 Å². The zero-order valence-corrected chi connectivity index (χ0v) is 10.1. The highest BCUT2D eigenvalue weighted by atomic mass is 16.5. The number of aromatic hydroxyl groups is 1. The predicted octanol–water partition coefficient (Wildman–Crippen LogP) is 0.927. The number of phenolic OH excluding ortho intramolecular Hbond substituents is 1. The average Bonchev–Trinajstić information content (AvgIpc) is 2.28. The van der Waals surface area contributed by atoms with Crippen molar-refractivity contribution in [1.29, 1.82) is 0 Å². The minimum Gasteiger partial charge on any atom is -0.507 e. The Kier molecular flexibility index (Phi) is 4.78. The van der Waals surface area contributed by atoms with E-state index in [1.165, 1.54) is 0 Å². The molecule has 0 aliphatic carbocycles. The molecule has 1 unspecified atom stereocenters. The lowest BCUT2D eigenvalue weighted by molar-refractivity contribution is -0.117. The van der Waals surface area contributed by atoms with E-state index in [0.717, 1.165) is 5.56 Å². The van der Waals surface area contributed by atoms with Crippen LogP contribution in [0.15, 0.2) is 18.2 Å². The van der Waals surface area contributed by atoms with Crippen LogP contribution in [0.3, 0.4) is 0 Å². The number of phenols is 1. The van der Waals surface area contributed by atoms with Crippen molar-refractivity contribution in [3.8, 4) is 11.5 Å². The minimum atomic E-state index is -0.344. The molecule has 1 aromatic carbocycles. The van der Waals surface area contributed by atoms with Crippen LogP contribution in [0.2, 0.25) is 0 Å². The predicted molar refractivity (Wildman–Crippen MR) is 64.9 cm³/mol. The van der Waals surface area contributed by atoms with Gasteiger partial charge in [0, 0.05) is 30.6 Å². The van der Waals surface area contributed by atoms with E-state index in [2.05, 4.69) is 5.32 Å². The van der Waals surface area contributed by atoms with Gasteiger partial charge in [-0.2, -0.15) is 0 Å². The Morgan fingerprint density at radius 1 is 1.59 bits per heavy atom. The molecule has 5 nitrogen and oxygen atoms in total. The number of benzene rings is 1. The van der Waals surface area contributed by atoms with Crippen molar-refractivity contribution in [3.05, 3.63) is 23.8 Å². The summed E-state index contributed by atoms with van der Waals surface area (Å²) in [6.07, 6.45) is 0.279. The lowest BCUT2D eigenvalue weighted by Crippen LogP contribution is -2.24. The van der Waals surface area contributed by atoms with Gasteiger partial charge in [-0.05, 0) is 13.0 Å². The number of hydrogen-bond acceptors (Lipinski definition) is 4. The summed E-state index contributed by atoms with van der Waals surface area (Å²) in [5, 5.41) is 12.9. The van der Waals surface area contributed by atoms with Gasteiger partial charge in [0.25, 0.3) is 0 Å². The molecule has 0 saturated heterocycles. The lowest BCUT2D eigenvalue weighted by atomic mass is 10.1. The Labute approximate surface area is 101 Å². The molecule has 0 radical (unpaired) electrons. The molecular formula is C12H18N2O3. The van der Waals surface area contributed by atoms with Gasteiger partial charge < -0.3 is 20.9 Å². The molecule has 0 heterocycles. The molecule has 1 aromatic rings. The first-order chi connectivity index (χ1) is 8.04. The molecule has 0 saturated carbocycles. The molecule has 1 amide bonds. The molecule has 0 aliphatic rings. The maximum atomic E-state index is 10.6. The maximum Gasteiger partial charge on any atom is 0.218 e. The second-order valence-electron chi connectivity index (χ2n) is 3.82. The molecule has 94 valence electrons. The Bertz CT molecular complexity index is 393. The number of ether oxygens (including phenoxy) is 1. The van der Waals surface area contributed by atoms with Crippen molar-refractivity contribution < 1.29 is 14.6 Å². The van der Waals surface area contributed by atoms with Gasteiger partial charge in [0.1, 0.15) is 11.5 Å². The van der Waals surface area contributed by atoms with E-state index < -0.39 is 0 Å². The van der Waals surface area contributed by atoms with Gasteiger partial charge in [-0.25, -0.2) is 0 Å². The first-order valence-corrected chi connectivity index (χ1v) is 5.43. The lowest BCUT2D eigenvalue weighted by Gasteiger charge is -2.15. The summed E-state index contributed by atoms with van der Waals surface area (Å²) < 4.78 is 5.00. The van der Waals surface area contributed by atoms with Crippen LogP contribution in [-0.4, -0.2) is 24.7 Å². The van der Waals surface area contributed by atoms with E-state index in [0.29, 0.717) is 12.3 Å². The molecular weight excluding hydrogens is 220 g/mol. The second-order valence-corrected chi connectivity index (χ2v) is 3.82. The van der Waals surface area contributed by atoms with Crippen molar-refractivity contribution in [3.63, 3.8) is 0 Å². The highest BCUT2D eigenvalue weighted by Crippen LogP contribution is 2.28. The summed E-state index contributed by atoms with van der Waals surface area (Å²) in [5.74, 6) is 0.433. The molecule has 5 heteroatoms. The maximum absolute atomic E-state index is 10.6. The Morgan fingerprint density at radius 2 is 2.29 bits per heavy atom. The number of nitrogens with two attached hydrogens (primary N) is 1. The topological polar surface area (TPSA) is 84.6 Å². The van der Waals surface area contributed by atoms with Gasteiger partial charge in [-0.15, -0.1) is 0 Å². The van der Waals surface area contributed by atoms with Crippen molar-refractivity contribution in [2.45, 2.75) is 19.4 Å². The number of hydrogen-bond donors (Lipinski definition) is 3. The van der Waals surface area contributed by atoms with Crippen molar-refractivity contribution in [2.75, 3.05) is 13.7 Å². The first kappa shape index (κ1) is 13.3. The van der Waals surface area contributed by atoms with Crippen LogP contribution in [0.1, 0.15) is 24.9 Å². The fourth-order valence-corrected chi connectivity index (χ4v) is 1.54. The summed E-state index contributed by atoms with van der Waals surface area (Å²) >= 11 is 0. The number of carbonyl (C=O) groups is 1. The fraction of sp³-hybridized carbons (Fsp3) is 0.417. The Morgan fingerprint density at radius 3 is 2.82 bits per heavy atom. The van der Waals surface area contributed by atoms with E-state index in [4.69, 9.17) is 10.5 Å². The van der Waals surface area contributed by atoms with Crippen LogP contribution < -0.4 is 15.8 Å². The van der Waals surface area contributed by atoms with E-state index in [9.17, 15) is 9.90 Å². The summed E-state index contributed by atoms with van der Waals surface area (Å²) in [4.78, 5) is 10.6. The smallest absolute Gasteiger partial charge is 0.218 e. The fourth-order valence-electron chi connectivity index (χ4n) is 1.54. The molecule has 0 fully saturated rings. The Balaban J connectivity index is 2.62. The monoisotopic (exact) mass is 238 g/mol. The summed E-state index contributed by atoms with van der Waals surface area (Å²) in [5.41, 5.74) is 5.80. The van der Waals surface area contributed by atoms with Gasteiger partial charge in [0.05, 0.1) is 7.11 Å². The van der Waals surface area contributed by atoms with Crippen LogP contribution in [0.4, 0.5) is 0 Å². The van der Waals surface area contributed by atoms with Crippen LogP contribution in [0, 0.1) is 0 Å². The third kappa shape index (κ3) is 3.96. The number of rotatable bonds is 6. The molecule has 0 bridgehead atoms. The SMILES string of the molecule is COc1ccc(C(C)NCCC(N)=O)c(O)c1. The Hall–Kier alpha value is -1.75. The molecule has 0 aliphatic heterocycles. The van der Waals surface area contributed by atoms with Crippen molar-refractivity contribution in [2.24, 2.45) is 5.73 Å². The van der Waals surface area contributed by atoms with Gasteiger partial charge in [-0.3, -0.25) is 4.79 Å². The van der Waals surface area contributed by atoms with E-state index in [1.807, 2.05) is 6.92 Å². The van der Waals surface area contributed by atoms with Crippen LogP contribution in [0.5, 0.6) is 11.5 Å². The van der Waals surface area contributed by atoms with Gasteiger partial charge >= 0.3 is 0 Å². The number of amides is 1. The molecule has 0 aromatic heterocycles. The molecule has 1 rings (SSSR count). The number of carbonyl (C=O) groups excluding carboxylic acids is 1. The highest BCUT2D eigenvalue weighted by molar-refractivity contribution is 5.73. The van der Waals surface area contributed by atoms with Crippen LogP contribution >= 0.6 is 0 Å². The zero-order valence-electron chi connectivity index (χ0n) is 10.1. The summed E-state index contributed by atoms with van der Waals surface area (Å²) in [6, 6.07) is 5.07. The highest BCUT2D eigenvalue weighted by Gasteiger charge is 2.10. The zero-order chi connectivity index (χ0) is 12.8. The van der Waals surface area contributed by atoms with Gasteiger partial charge in [0.2, 0.25) is 5.91 Å². The van der Waals surface area contributed by atoms with Crippen LogP contribution in [0.25, 0.3) is 0 Å². The number of nitrogens with one attached hydrogen (secondary N) is 1. The standard InChI is InChI=1S/C12H18N2O3/c1-8(14-6-5-12(13)16)10-4-3-9(17-2)7-11(10)15/h3-4,7-8,14-15H,5-6H2,1-2H3,(H2,13,16). The summed E-state index contributed by atoms with van der Waals surface area (Å²) in [6.45, 7) is 2.39. The number of primary amides is 1. The van der Waals surface area contributed by atoms with Gasteiger partial charge in [-0.1, -0.05) is 6.07 Å². The molecule has 17 heavy (non-hydrogen) atoms. The quantitative estimate of drug-likeness (QED) is 0.688. The minimum absolute atomic E-state index is 0.0553. The van der Waals surface area contributed by atoms with Crippen molar-refractivity contribution >= 4 is 5.91 Å². The third-order valence-electron chi connectivity index (χ3n) is 2.53. The number of methoxy groups -OCH3 is 1. The largest absolute Gasteiger partial charge is 0.507 e. The van der Waals surface area contributed by atoms with E-state index in [1.54, 1.807) is 25.3 Å². The molecule has 4 N–H and O–H groups in total. The first-order valence-electron chi connectivity index (χ1n) is 5.43.